The van der Waals surface area contributed by atoms with Gasteiger partial charge in [0.15, 0.2) is 34.7 Å². The van der Waals surface area contributed by atoms with E-state index in [9.17, 15) is 20.4 Å². The minimum atomic E-state index is -1.13. The number of hydrogen-bond donors (Lipinski definition) is 5. The standard InChI is InChI=1S/C41H45N3O6/c1-37-35-25(17-41(48)29-15-23-7-9-27(46)34(50-37)31(23)39(37,41)11-13-44(29)19-21-4-5-21)24-16-40(47)28-14-22-6-8-26(45)33-30(22)38(40,36(49-33)32(24)42-35)10-12-43(28)18-20-2-3-20/h6-9,20-21,28-29,36,42,45-48H,2-5,10-19H2,1H3/t28-,29-,36+,37+,38+,39+,40-,41-/m1/s1. The Bertz CT molecular complexity index is 2100. The van der Waals surface area contributed by atoms with Crippen LogP contribution in [0.15, 0.2) is 24.3 Å². The van der Waals surface area contributed by atoms with Gasteiger partial charge in [-0.25, -0.2) is 0 Å². The Kier molecular flexibility index (Phi) is 4.74. The van der Waals surface area contributed by atoms with Gasteiger partial charge in [0.2, 0.25) is 0 Å². The van der Waals surface area contributed by atoms with Gasteiger partial charge in [0.25, 0.3) is 0 Å². The Morgan fingerprint density at radius 1 is 0.780 bits per heavy atom. The van der Waals surface area contributed by atoms with E-state index in [4.69, 9.17) is 9.47 Å². The molecule has 1 aromatic heterocycles. The van der Waals surface area contributed by atoms with Crippen LogP contribution < -0.4 is 9.47 Å². The second-order valence-electron chi connectivity index (χ2n) is 18.3. The predicted molar refractivity (Wildman–Crippen MR) is 182 cm³/mol. The molecule has 4 aliphatic heterocycles. The monoisotopic (exact) mass is 675 g/mol. The van der Waals surface area contributed by atoms with Crippen molar-refractivity contribution in [1.82, 2.24) is 14.8 Å². The highest BCUT2D eigenvalue weighted by Crippen LogP contribution is 2.74. The zero-order chi connectivity index (χ0) is 33.3. The van der Waals surface area contributed by atoms with Gasteiger partial charge in [0, 0.05) is 49.1 Å². The van der Waals surface area contributed by atoms with Gasteiger partial charge in [0.05, 0.1) is 33.4 Å². The molecule has 6 aliphatic carbocycles. The number of aromatic nitrogens is 1. The van der Waals surface area contributed by atoms with Crippen LogP contribution >= 0.6 is 0 Å². The van der Waals surface area contributed by atoms with Crippen molar-refractivity contribution in [2.45, 2.75) is 117 Å². The molecule has 0 amide bonds. The molecule has 2 spiro atoms. The van der Waals surface area contributed by atoms with E-state index in [0.29, 0.717) is 36.2 Å². The predicted octanol–water partition coefficient (Wildman–Crippen LogP) is 4.00. The Hall–Kier alpha value is -3.24. The Morgan fingerprint density at radius 3 is 2.10 bits per heavy atom. The molecule has 5 heterocycles. The summed E-state index contributed by atoms with van der Waals surface area (Å²) in [4.78, 5) is 9.10. The van der Waals surface area contributed by atoms with E-state index in [-0.39, 0.29) is 23.6 Å². The number of aromatic amines is 1. The lowest BCUT2D eigenvalue weighted by Gasteiger charge is -2.65. The topological polar surface area (TPSA) is 122 Å². The summed E-state index contributed by atoms with van der Waals surface area (Å²) in [5.41, 5.74) is 3.77. The molecule has 8 atom stereocenters. The minimum Gasteiger partial charge on any atom is -0.504 e. The van der Waals surface area contributed by atoms with Gasteiger partial charge in [-0.1, -0.05) is 12.1 Å². The molecule has 9 nitrogen and oxygen atoms in total. The number of likely N-dealkylation sites (tertiary alicyclic amines) is 2. The van der Waals surface area contributed by atoms with E-state index in [1.165, 1.54) is 36.8 Å². The zero-order valence-electron chi connectivity index (χ0n) is 28.6. The number of phenolic OH excluding ortho intramolecular Hbond substituents is 2. The highest BCUT2D eigenvalue weighted by atomic mass is 16.5. The molecule has 50 heavy (non-hydrogen) atoms. The summed E-state index contributed by atoms with van der Waals surface area (Å²) >= 11 is 0. The lowest BCUT2D eigenvalue weighted by atomic mass is 9.44. The summed E-state index contributed by atoms with van der Waals surface area (Å²) < 4.78 is 14.1. The molecule has 2 saturated carbocycles. The molecular weight excluding hydrogens is 630 g/mol. The number of phenols is 2. The largest absolute Gasteiger partial charge is 0.504 e. The number of nitrogens with one attached hydrogen (secondary N) is 1. The first-order valence-electron chi connectivity index (χ1n) is 19.3. The maximum Gasteiger partial charge on any atom is 0.166 e. The molecule has 2 saturated heterocycles. The molecule has 4 bridgehead atoms. The molecule has 2 aromatic carbocycles. The summed E-state index contributed by atoms with van der Waals surface area (Å²) in [6.07, 6.45) is 8.44. The fourth-order valence-electron chi connectivity index (χ4n) is 13.9. The van der Waals surface area contributed by atoms with Crippen molar-refractivity contribution in [1.29, 1.82) is 0 Å². The summed E-state index contributed by atoms with van der Waals surface area (Å²) in [6, 6.07) is 7.54. The molecule has 4 fully saturated rings. The van der Waals surface area contributed by atoms with Crippen molar-refractivity contribution < 1.29 is 29.9 Å². The smallest absolute Gasteiger partial charge is 0.166 e. The SMILES string of the molecule is C[C@@]12Oc3c(O)ccc4c3[C@@]13CCN(CC1CC1)[C@H](C4)[C@]3(O)Cc1c2[nH]c2c1C[C@@]1(O)[C@H]3Cc4ccc(O)c5c4[C@@]1(CCN3CC1CC1)[C@H]2O5. The fourth-order valence-corrected chi connectivity index (χ4v) is 13.9. The van der Waals surface area contributed by atoms with E-state index in [1.54, 1.807) is 12.1 Å². The second kappa shape index (κ2) is 8.35. The molecule has 0 radical (unpaired) electrons. The van der Waals surface area contributed by atoms with Gasteiger partial charge >= 0.3 is 0 Å². The second-order valence-corrected chi connectivity index (χ2v) is 18.3. The van der Waals surface area contributed by atoms with Crippen molar-refractivity contribution in [3.63, 3.8) is 0 Å². The van der Waals surface area contributed by atoms with E-state index >= 15 is 0 Å². The number of fused-ring (bicyclic) bond motifs is 5. The van der Waals surface area contributed by atoms with Crippen molar-refractivity contribution in [2.75, 3.05) is 26.2 Å². The normalized spacial score (nSPS) is 42.3. The number of aliphatic hydroxyl groups is 2. The zero-order valence-corrected chi connectivity index (χ0v) is 28.6. The lowest BCUT2D eigenvalue weighted by molar-refractivity contribution is -0.200. The summed E-state index contributed by atoms with van der Waals surface area (Å²) in [5, 5.41) is 49.8. The van der Waals surface area contributed by atoms with Crippen LogP contribution in [0, 0.1) is 11.8 Å². The molecule has 0 unspecified atom stereocenters. The van der Waals surface area contributed by atoms with Crippen molar-refractivity contribution in [2.24, 2.45) is 11.8 Å². The van der Waals surface area contributed by atoms with Gasteiger partial charge in [0.1, 0.15) is 0 Å². The van der Waals surface area contributed by atoms with Gasteiger partial charge in [-0.15, -0.1) is 0 Å². The van der Waals surface area contributed by atoms with Crippen molar-refractivity contribution >= 4 is 0 Å². The van der Waals surface area contributed by atoms with Gasteiger partial charge in [-0.2, -0.15) is 0 Å². The number of ether oxygens (including phenoxy) is 2. The van der Waals surface area contributed by atoms with E-state index in [2.05, 4.69) is 33.8 Å². The third-order valence-corrected chi connectivity index (χ3v) is 16.3. The molecule has 13 rings (SSSR count). The first-order valence-corrected chi connectivity index (χ1v) is 19.3. The Balaban J connectivity index is 1.05. The highest BCUT2D eigenvalue weighted by molar-refractivity contribution is 5.69. The average molecular weight is 676 g/mol. The number of hydrogen-bond acceptors (Lipinski definition) is 8. The molecule has 10 aliphatic rings. The van der Waals surface area contributed by atoms with Crippen LogP contribution in [0.1, 0.15) is 96.3 Å². The van der Waals surface area contributed by atoms with Gasteiger partial charge in [-0.3, -0.25) is 9.80 Å². The third kappa shape index (κ3) is 2.81. The van der Waals surface area contributed by atoms with E-state index < -0.39 is 33.7 Å². The summed E-state index contributed by atoms with van der Waals surface area (Å²) in [5.74, 6) is 2.73. The molecule has 5 N–H and O–H groups in total. The number of rotatable bonds is 4. The number of benzene rings is 2. The first-order chi connectivity index (χ1) is 24.1. The molecule has 9 heteroatoms. The molecule has 3 aromatic rings. The Morgan fingerprint density at radius 2 is 1.40 bits per heavy atom. The van der Waals surface area contributed by atoms with Crippen LogP contribution in [-0.4, -0.2) is 84.7 Å². The van der Waals surface area contributed by atoms with Gasteiger partial charge in [-0.05, 0) is 118 Å². The third-order valence-electron chi connectivity index (χ3n) is 16.3. The summed E-state index contributed by atoms with van der Waals surface area (Å²) in [6.45, 7) is 5.96. The quantitative estimate of drug-likeness (QED) is 0.282. The average Bonchev–Trinajstić information content (AvgIpc) is 3.99. The number of piperidine rings is 2. The van der Waals surface area contributed by atoms with Crippen molar-refractivity contribution in [3.8, 4) is 23.0 Å². The first kappa shape index (κ1) is 28.4. The van der Waals surface area contributed by atoms with Crippen LogP contribution in [0.5, 0.6) is 23.0 Å². The lowest BCUT2D eigenvalue weighted by Crippen LogP contribution is -2.78. The molecule has 260 valence electrons. The van der Waals surface area contributed by atoms with E-state index in [0.717, 1.165) is 85.5 Å². The Labute approximate surface area is 291 Å². The van der Waals surface area contributed by atoms with Crippen LogP contribution in [-0.2, 0) is 42.1 Å². The van der Waals surface area contributed by atoms with Crippen LogP contribution in [0.4, 0.5) is 0 Å². The van der Waals surface area contributed by atoms with Crippen LogP contribution in [0.3, 0.4) is 0 Å². The van der Waals surface area contributed by atoms with Crippen molar-refractivity contribution in [3.05, 3.63) is 69.0 Å². The highest BCUT2D eigenvalue weighted by Gasteiger charge is 2.79. The van der Waals surface area contributed by atoms with E-state index in [1.807, 2.05) is 0 Å². The van der Waals surface area contributed by atoms with Gasteiger partial charge < -0.3 is 34.9 Å². The molecular formula is C41H45N3O6. The maximum atomic E-state index is 13.7. The number of nitrogens with zero attached hydrogens (tertiary/aromatic N) is 2. The maximum absolute atomic E-state index is 13.7. The number of aromatic hydroxyl groups is 2. The van der Waals surface area contributed by atoms with Crippen LogP contribution in [0.2, 0.25) is 0 Å². The number of H-pyrrole nitrogens is 1. The van der Waals surface area contributed by atoms with Crippen LogP contribution in [0.25, 0.3) is 0 Å². The minimum absolute atomic E-state index is 0.0622. The fraction of sp³-hybridized carbons (Fsp3) is 0.610. The summed E-state index contributed by atoms with van der Waals surface area (Å²) in [7, 11) is 0.